The summed E-state index contributed by atoms with van der Waals surface area (Å²) in [6.45, 7) is 5.45. The molecule has 2 heteroatoms. The lowest BCUT2D eigenvalue weighted by atomic mass is 10.2. The van der Waals surface area contributed by atoms with Crippen molar-refractivity contribution >= 4 is 0 Å². The Morgan fingerprint density at radius 3 is 2.71 bits per heavy atom. The third kappa shape index (κ3) is 1.14. The lowest BCUT2D eigenvalue weighted by Crippen LogP contribution is -2.23. The molecular formula is C5H11N2. The molecule has 1 fully saturated rings. The van der Waals surface area contributed by atoms with Crippen molar-refractivity contribution < 1.29 is 0 Å². The molecule has 0 aromatic carbocycles. The molecular weight excluding hydrogens is 88.1 g/mol. The second-order valence-corrected chi connectivity index (χ2v) is 2.10. The fourth-order valence-corrected chi connectivity index (χ4v) is 0.775. The van der Waals surface area contributed by atoms with Crippen LogP contribution in [0.25, 0.3) is 0 Å². The van der Waals surface area contributed by atoms with Crippen LogP contribution in [-0.2, 0) is 0 Å². The molecule has 0 saturated carbocycles. The number of rotatable bonds is 0. The van der Waals surface area contributed by atoms with E-state index in [1.165, 1.54) is 0 Å². The van der Waals surface area contributed by atoms with Crippen LogP contribution in [0.1, 0.15) is 6.92 Å². The third-order valence-electron chi connectivity index (χ3n) is 1.14. The summed E-state index contributed by atoms with van der Waals surface area (Å²) in [7, 11) is 2.02. The molecule has 1 N–H and O–H groups in total. The zero-order chi connectivity index (χ0) is 5.28. The van der Waals surface area contributed by atoms with Crippen LogP contribution in [0, 0.1) is 12.5 Å². The smallest absolute Gasteiger partial charge is 0.0451 e. The van der Waals surface area contributed by atoms with Gasteiger partial charge in [0, 0.05) is 20.1 Å². The van der Waals surface area contributed by atoms with Crippen molar-refractivity contribution in [1.82, 2.24) is 10.4 Å². The van der Waals surface area contributed by atoms with E-state index in [0.717, 1.165) is 6.54 Å². The Kier molecular flexibility index (Phi) is 1.30. The zero-order valence-electron chi connectivity index (χ0n) is 4.81. The van der Waals surface area contributed by atoms with E-state index in [4.69, 9.17) is 0 Å². The predicted molar refractivity (Wildman–Crippen MR) is 29.2 cm³/mol. The highest BCUT2D eigenvalue weighted by atomic mass is 15.5. The average Bonchev–Trinajstić information content (AvgIpc) is 1.87. The first-order valence-corrected chi connectivity index (χ1v) is 2.60. The van der Waals surface area contributed by atoms with Gasteiger partial charge in [-0.3, -0.25) is 5.43 Å². The highest BCUT2D eigenvalue weighted by Gasteiger charge is 2.13. The van der Waals surface area contributed by atoms with E-state index in [1.54, 1.807) is 0 Å². The van der Waals surface area contributed by atoms with Gasteiger partial charge in [-0.25, -0.2) is 5.01 Å². The van der Waals surface area contributed by atoms with Crippen LogP contribution < -0.4 is 5.43 Å². The van der Waals surface area contributed by atoms with Gasteiger partial charge in [0.15, 0.2) is 0 Å². The molecule has 1 aliphatic rings. The van der Waals surface area contributed by atoms with Gasteiger partial charge in [-0.2, -0.15) is 0 Å². The van der Waals surface area contributed by atoms with Crippen molar-refractivity contribution in [2.45, 2.75) is 6.92 Å². The minimum Gasteiger partial charge on any atom is -0.255 e. The molecule has 41 valence electrons. The van der Waals surface area contributed by atoms with E-state index in [9.17, 15) is 0 Å². The standard InChI is InChI=1S/C5H11N2/c1-5-3-6-7(2)4-5/h4-6H,3H2,1-2H3. The van der Waals surface area contributed by atoms with Gasteiger partial charge in [-0.05, 0) is 5.92 Å². The number of hydrogen-bond donors (Lipinski definition) is 1. The molecule has 1 unspecified atom stereocenters. The van der Waals surface area contributed by atoms with Gasteiger partial charge in [-0.15, -0.1) is 0 Å². The first kappa shape index (κ1) is 5.06. The molecule has 0 amide bonds. The van der Waals surface area contributed by atoms with Gasteiger partial charge in [0.1, 0.15) is 0 Å². The maximum atomic E-state index is 3.15. The molecule has 1 heterocycles. The summed E-state index contributed by atoms with van der Waals surface area (Å²) >= 11 is 0. The van der Waals surface area contributed by atoms with E-state index in [2.05, 4.69) is 18.9 Å². The summed E-state index contributed by atoms with van der Waals surface area (Å²) in [5.41, 5.74) is 3.15. The van der Waals surface area contributed by atoms with Crippen LogP contribution in [0.4, 0.5) is 0 Å². The summed E-state index contributed by atoms with van der Waals surface area (Å²) in [5, 5.41) is 2.00. The molecule has 0 spiro atoms. The van der Waals surface area contributed by atoms with Gasteiger partial charge in [0.25, 0.3) is 0 Å². The summed E-state index contributed by atoms with van der Waals surface area (Å²) < 4.78 is 0. The summed E-state index contributed by atoms with van der Waals surface area (Å²) in [6.07, 6.45) is 0. The number of hydrogen-bond acceptors (Lipinski definition) is 2. The van der Waals surface area contributed by atoms with E-state index < -0.39 is 0 Å². The molecule has 1 rings (SSSR count). The first-order chi connectivity index (χ1) is 3.29. The van der Waals surface area contributed by atoms with Crippen molar-refractivity contribution in [3.05, 3.63) is 6.54 Å². The molecule has 1 saturated heterocycles. The molecule has 0 aromatic heterocycles. The Morgan fingerprint density at radius 1 is 1.86 bits per heavy atom. The van der Waals surface area contributed by atoms with Gasteiger partial charge in [0.2, 0.25) is 0 Å². The van der Waals surface area contributed by atoms with Crippen LogP contribution in [0.5, 0.6) is 0 Å². The van der Waals surface area contributed by atoms with E-state index in [1.807, 2.05) is 12.1 Å². The van der Waals surface area contributed by atoms with Crippen molar-refractivity contribution in [2.75, 3.05) is 13.6 Å². The molecule has 1 aliphatic heterocycles. The number of hydrazine groups is 1. The highest BCUT2D eigenvalue weighted by molar-refractivity contribution is 4.77. The quantitative estimate of drug-likeness (QED) is 0.468. The lowest BCUT2D eigenvalue weighted by molar-refractivity contribution is 0.358. The Labute approximate surface area is 44.5 Å². The second-order valence-electron chi connectivity index (χ2n) is 2.10. The van der Waals surface area contributed by atoms with Crippen molar-refractivity contribution in [2.24, 2.45) is 5.92 Å². The highest BCUT2D eigenvalue weighted by Crippen LogP contribution is 2.06. The molecule has 0 bridgehead atoms. The zero-order valence-corrected chi connectivity index (χ0v) is 4.81. The van der Waals surface area contributed by atoms with Gasteiger partial charge >= 0.3 is 0 Å². The summed E-state index contributed by atoms with van der Waals surface area (Å²) in [6, 6.07) is 0. The minimum absolute atomic E-state index is 0.713. The lowest BCUT2D eigenvalue weighted by Gasteiger charge is -2.03. The van der Waals surface area contributed by atoms with Crippen LogP contribution in [0.3, 0.4) is 0 Å². The normalized spacial score (nSPS) is 34.3. The number of nitrogens with zero attached hydrogens (tertiary/aromatic N) is 1. The Bertz CT molecular complexity index is 55.1. The van der Waals surface area contributed by atoms with Crippen molar-refractivity contribution in [3.63, 3.8) is 0 Å². The van der Waals surface area contributed by atoms with Crippen LogP contribution in [0.15, 0.2) is 0 Å². The van der Waals surface area contributed by atoms with Crippen LogP contribution in [-0.4, -0.2) is 18.6 Å². The van der Waals surface area contributed by atoms with Gasteiger partial charge in [0.05, 0.1) is 0 Å². The monoisotopic (exact) mass is 99.1 g/mol. The molecule has 0 aromatic rings. The molecule has 0 aliphatic carbocycles. The van der Waals surface area contributed by atoms with E-state index >= 15 is 0 Å². The maximum absolute atomic E-state index is 3.15. The van der Waals surface area contributed by atoms with Crippen LogP contribution in [0.2, 0.25) is 0 Å². The topological polar surface area (TPSA) is 15.3 Å². The Hall–Kier alpha value is -0.0800. The summed E-state index contributed by atoms with van der Waals surface area (Å²) in [4.78, 5) is 0. The fourth-order valence-electron chi connectivity index (χ4n) is 0.775. The molecule has 2 nitrogen and oxygen atoms in total. The Morgan fingerprint density at radius 2 is 2.57 bits per heavy atom. The summed E-state index contributed by atoms with van der Waals surface area (Å²) in [5.74, 6) is 0.713. The average molecular weight is 99.2 g/mol. The maximum Gasteiger partial charge on any atom is 0.0451 e. The largest absolute Gasteiger partial charge is 0.255 e. The van der Waals surface area contributed by atoms with Crippen molar-refractivity contribution in [3.8, 4) is 0 Å². The molecule has 7 heavy (non-hydrogen) atoms. The first-order valence-electron chi connectivity index (χ1n) is 2.60. The SMILES string of the molecule is CC1[CH]N(C)NC1. The van der Waals surface area contributed by atoms with Crippen molar-refractivity contribution in [1.29, 1.82) is 0 Å². The third-order valence-corrected chi connectivity index (χ3v) is 1.14. The van der Waals surface area contributed by atoms with E-state index in [0.29, 0.717) is 5.92 Å². The van der Waals surface area contributed by atoms with E-state index in [-0.39, 0.29) is 0 Å². The predicted octanol–water partition coefficient (Wildman–Crippen LogP) is 0.234. The molecule has 1 atom stereocenters. The minimum atomic E-state index is 0.713. The van der Waals surface area contributed by atoms with Crippen LogP contribution >= 0.6 is 0 Å². The Balaban J connectivity index is 2.26. The fraction of sp³-hybridized carbons (Fsp3) is 0.800. The molecule has 1 radical (unpaired) electrons. The van der Waals surface area contributed by atoms with Gasteiger partial charge in [-0.1, -0.05) is 6.92 Å². The second kappa shape index (κ2) is 1.80. The number of nitrogens with one attached hydrogen (secondary N) is 1. The van der Waals surface area contributed by atoms with Gasteiger partial charge < -0.3 is 0 Å².